The molecule has 0 aliphatic carbocycles. The maximum Gasteiger partial charge on any atom is 0.327 e. The molecule has 0 aromatic rings. The molecule has 1 atom stereocenters. The van der Waals surface area contributed by atoms with Crippen molar-refractivity contribution in [3.8, 4) is 0 Å². The molecule has 0 aliphatic rings. The summed E-state index contributed by atoms with van der Waals surface area (Å²) in [6.07, 6.45) is -0.272. The summed E-state index contributed by atoms with van der Waals surface area (Å²) < 4.78 is 40.6. The van der Waals surface area contributed by atoms with Gasteiger partial charge in [-0.2, -0.15) is 8.42 Å². The average Bonchev–Trinajstić information content (AvgIpc) is 1.62. The van der Waals surface area contributed by atoms with Gasteiger partial charge in [-0.05, 0) is 6.42 Å². The second-order valence-corrected chi connectivity index (χ2v) is 2.81. The molecule has 0 bridgehead atoms. The number of alkyl halides is 1. The topological polar surface area (TPSA) is 54.0 Å². The predicted molar refractivity (Wildman–Crippen MR) is 24.8 cm³/mol. The van der Waals surface area contributed by atoms with E-state index in [1.807, 2.05) is 0 Å². The number of rotatable bonds is 2. The Bertz CT molecular complexity index is 150. The number of hydrogen-bond donors (Lipinski definition) is 0. The molecule has 0 rings (SSSR count). The first-order valence-electron chi connectivity index (χ1n) is 2.07. The SMILES string of the molecule is CCC(F)S([O])(=O)=O. The van der Waals surface area contributed by atoms with E-state index < -0.39 is 15.6 Å². The molecular weight excluding hydrogens is 135 g/mol. The second-order valence-electron chi connectivity index (χ2n) is 1.31. The molecule has 0 saturated carbocycles. The normalized spacial score (nSPS) is 15.9. The van der Waals surface area contributed by atoms with Gasteiger partial charge in [0.1, 0.15) is 0 Å². The van der Waals surface area contributed by atoms with Crippen molar-refractivity contribution in [1.29, 1.82) is 0 Å². The Kier molecular flexibility index (Phi) is 2.36. The molecule has 1 unspecified atom stereocenters. The van der Waals surface area contributed by atoms with Crippen molar-refractivity contribution >= 4 is 10.1 Å². The zero-order chi connectivity index (χ0) is 6.78. The summed E-state index contributed by atoms with van der Waals surface area (Å²) in [5.74, 6) is 0. The highest BCUT2D eigenvalue weighted by Gasteiger charge is 2.20. The highest BCUT2D eigenvalue weighted by molar-refractivity contribution is 7.86. The smallest absolute Gasteiger partial charge is 0.227 e. The molecule has 3 nitrogen and oxygen atoms in total. The third-order valence-corrected chi connectivity index (χ3v) is 1.59. The van der Waals surface area contributed by atoms with Crippen molar-refractivity contribution in [2.45, 2.75) is 18.8 Å². The standard InChI is InChI=1S/C3H6FO3S/c1-2-3(4)8(5,6)7/h3H,2H2,1H3. The van der Waals surface area contributed by atoms with Crippen LogP contribution in [0.2, 0.25) is 0 Å². The minimum absolute atomic E-state index is 0.272. The highest BCUT2D eigenvalue weighted by atomic mass is 32.2. The van der Waals surface area contributed by atoms with E-state index >= 15 is 0 Å². The Labute approximate surface area is 47.3 Å². The molecule has 0 aromatic heterocycles. The third-order valence-electron chi connectivity index (χ3n) is 0.634. The van der Waals surface area contributed by atoms with Crippen LogP contribution in [0.4, 0.5) is 4.39 Å². The van der Waals surface area contributed by atoms with Gasteiger partial charge in [0.15, 0.2) is 0 Å². The van der Waals surface area contributed by atoms with Gasteiger partial charge in [0.2, 0.25) is 5.50 Å². The van der Waals surface area contributed by atoms with E-state index in [9.17, 15) is 17.4 Å². The fraction of sp³-hybridized carbons (Fsp3) is 1.00. The van der Waals surface area contributed by atoms with Crippen LogP contribution in [-0.4, -0.2) is 13.9 Å². The Morgan fingerprint density at radius 1 is 1.62 bits per heavy atom. The lowest BCUT2D eigenvalue weighted by atomic mass is 10.6. The molecule has 49 valence electrons. The van der Waals surface area contributed by atoms with E-state index in [-0.39, 0.29) is 6.42 Å². The molecule has 0 aromatic carbocycles. The van der Waals surface area contributed by atoms with Crippen molar-refractivity contribution in [2.24, 2.45) is 0 Å². The van der Waals surface area contributed by atoms with E-state index in [2.05, 4.69) is 0 Å². The van der Waals surface area contributed by atoms with E-state index in [0.29, 0.717) is 0 Å². The zero-order valence-electron chi connectivity index (χ0n) is 4.30. The van der Waals surface area contributed by atoms with Gasteiger partial charge in [0, 0.05) is 0 Å². The van der Waals surface area contributed by atoms with Gasteiger partial charge in [-0.25, -0.2) is 4.39 Å². The summed E-state index contributed by atoms with van der Waals surface area (Å²) in [5, 5.41) is 0. The van der Waals surface area contributed by atoms with Gasteiger partial charge < -0.3 is 0 Å². The molecule has 0 amide bonds. The van der Waals surface area contributed by atoms with Gasteiger partial charge in [-0.15, -0.1) is 0 Å². The Morgan fingerprint density at radius 2 is 2.00 bits per heavy atom. The van der Waals surface area contributed by atoms with Crippen LogP contribution in [0.1, 0.15) is 13.3 Å². The molecular formula is C3H6FO3S. The number of halogens is 1. The third kappa shape index (κ3) is 2.23. The van der Waals surface area contributed by atoms with Crippen LogP contribution < -0.4 is 0 Å². The fourth-order valence-corrected chi connectivity index (χ4v) is 0.612. The summed E-state index contributed by atoms with van der Waals surface area (Å²) in [5.41, 5.74) is -2.23. The molecule has 0 aliphatic heterocycles. The molecule has 1 radical (unpaired) electrons. The summed E-state index contributed by atoms with van der Waals surface area (Å²) in [4.78, 5) is 0. The average molecular weight is 141 g/mol. The van der Waals surface area contributed by atoms with E-state index in [0.717, 1.165) is 0 Å². The van der Waals surface area contributed by atoms with Crippen molar-refractivity contribution in [3.63, 3.8) is 0 Å². The summed E-state index contributed by atoms with van der Waals surface area (Å²) in [6.45, 7) is 1.29. The fourth-order valence-electron chi connectivity index (χ4n) is 0.204. The van der Waals surface area contributed by atoms with E-state index in [1.54, 1.807) is 0 Å². The quantitative estimate of drug-likeness (QED) is 0.560. The van der Waals surface area contributed by atoms with Crippen LogP contribution in [0.5, 0.6) is 0 Å². The summed E-state index contributed by atoms with van der Waals surface area (Å²) in [7, 11) is -4.67. The first-order valence-corrected chi connectivity index (χ1v) is 3.54. The predicted octanol–water partition coefficient (Wildman–Crippen LogP) is 0.452. The maximum atomic E-state index is 11.7. The monoisotopic (exact) mass is 141 g/mol. The molecule has 0 heterocycles. The van der Waals surface area contributed by atoms with Crippen LogP contribution in [0.25, 0.3) is 0 Å². The van der Waals surface area contributed by atoms with E-state index in [4.69, 9.17) is 0 Å². The van der Waals surface area contributed by atoms with Crippen LogP contribution in [0.3, 0.4) is 0 Å². The maximum absolute atomic E-state index is 11.7. The molecule has 5 heteroatoms. The van der Waals surface area contributed by atoms with Crippen molar-refractivity contribution in [3.05, 3.63) is 0 Å². The molecule has 0 spiro atoms. The highest BCUT2D eigenvalue weighted by Crippen LogP contribution is 2.03. The van der Waals surface area contributed by atoms with Crippen molar-refractivity contribution in [1.82, 2.24) is 0 Å². The van der Waals surface area contributed by atoms with Gasteiger partial charge in [-0.1, -0.05) is 11.5 Å². The first kappa shape index (κ1) is 7.84. The molecule has 0 saturated heterocycles. The summed E-state index contributed by atoms with van der Waals surface area (Å²) in [6, 6.07) is 0. The lowest BCUT2D eigenvalue weighted by Crippen LogP contribution is -2.11. The lowest BCUT2D eigenvalue weighted by Gasteiger charge is -1.94. The largest absolute Gasteiger partial charge is 0.327 e. The van der Waals surface area contributed by atoms with Crippen molar-refractivity contribution < 1.29 is 17.4 Å². The van der Waals surface area contributed by atoms with Crippen LogP contribution in [-0.2, 0) is 14.7 Å². The van der Waals surface area contributed by atoms with Gasteiger partial charge in [-0.3, -0.25) is 0 Å². The molecule has 0 N–H and O–H groups in total. The molecule has 0 fully saturated rings. The van der Waals surface area contributed by atoms with Gasteiger partial charge >= 0.3 is 10.1 Å². The Balaban J connectivity index is 4.04. The van der Waals surface area contributed by atoms with Gasteiger partial charge in [0.25, 0.3) is 0 Å². The van der Waals surface area contributed by atoms with Crippen LogP contribution >= 0.6 is 0 Å². The summed E-state index contributed by atoms with van der Waals surface area (Å²) >= 11 is 0. The molecule has 8 heavy (non-hydrogen) atoms. The minimum atomic E-state index is -4.67. The zero-order valence-corrected chi connectivity index (χ0v) is 5.11. The Morgan fingerprint density at radius 3 is 2.00 bits per heavy atom. The van der Waals surface area contributed by atoms with Gasteiger partial charge in [0.05, 0.1) is 0 Å². The first-order chi connectivity index (χ1) is 3.48. The number of hydrogen-bond acceptors (Lipinski definition) is 2. The van der Waals surface area contributed by atoms with E-state index in [1.165, 1.54) is 6.92 Å². The lowest BCUT2D eigenvalue weighted by molar-refractivity contribution is 0.335. The van der Waals surface area contributed by atoms with Crippen molar-refractivity contribution in [2.75, 3.05) is 0 Å². The minimum Gasteiger partial charge on any atom is -0.227 e. The van der Waals surface area contributed by atoms with Crippen LogP contribution in [0.15, 0.2) is 0 Å². The second kappa shape index (κ2) is 2.41. The Hall–Kier alpha value is -0.160. The van der Waals surface area contributed by atoms with Crippen LogP contribution in [0, 0.1) is 0 Å².